The Kier molecular flexibility index (Phi) is 5.49. The molecule has 0 saturated carbocycles. The number of hydrogen-bond donors (Lipinski definition) is 0. The quantitative estimate of drug-likeness (QED) is 0.772. The number of nitrogens with zero attached hydrogens (tertiary/aromatic N) is 2. The molecule has 0 radical (unpaired) electrons. The summed E-state index contributed by atoms with van der Waals surface area (Å²) in [6.45, 7) is 8.90. The summed E-state index contributed by atoms with van der Waals surface area (Å²) in [6.07, 6.45) is 5.97. The van der Waals surface area contributed by atoms with Gasteiger partial charge in [-0.15, -0.1) is 0 Å². The van der Waals surface area contributed by atoms with E-state index in [1.54, 1.807) is 0 Å². The normalized spacial score (nSPS) is 27.1. The Morgan fingerprint density at radius 3 is 2.53 bits per heavy atom. The second-order valence-corrected chi connectivity index (χ2v) is 5.99. The highest BCUT2D eigenvalue weighted by molar-refractivity contribution is 5.67. The summed E-state index contributed by atoms with van der Waals surface area (Å²) in [5.41, 5.74) is 0. The fourth-order valence-electron chi connectivity index (χ4n) is 3.23. The molecule has 0 spiro atoms. The van der Waals surface area contributed by atoms with E-state index in [4.69, 9.17) is 4.74 Å². The molecule has 2 rings (SSSR count). The molecule has 1 unspecified atom stereocenters. The van der Waals surface area contributed by atoms with Crippen LogP contribution in [0.1, 0.15) is 46.0 Å². The molecule has 0 aromatic rings. The summed E-state index contributed by atoms with van der Waals surface area (Å²) in [6, 6.07) is 0.673. The Labute approximate surface area is 117 Å². The van der Waals surface area contributed by atoms with Crippen molar-refractivity contribution in [1.29, 1.82) is 0 Å². The largest absolute Gasteiger partial charge is 0.450 e. The van der Waals surface area contributed by atoms with Crippen LogP contribution in [0.15, 0.2) is 0 Å². The number of carbonyl (C=O) groups excluding carboxylic acids is 1. The summed E-state index contributed by atoms with van der Waals surface area (Å²) in [7, 11) is 0. The van der Waals surface area contributed by atoms with Crippen LogP contribution in [0.4, 0.5) is 4.79 Å². The number of piperidine rings is 1. The van der Waals surface area contributed by atoms with Gasteiger partial charge in [0.25, 0.3) is 0 Å². The first-order valence-corrected chi connectivity index (χ1v) is 7.86. The van der Waals surface area contributed by atoms with Gasteiger partial charge in [-0.05, 0) is 58.0 Å². The number of likely N-dealkylation sites (tertiary alicyclic amines) is 2. The monoisotopic (exact) mass is 268 g/mol. The molecule has 2 aliphatic rings. The number of hydrogen-bond acceptors (Lipinski definition) is 3. The predicted octanol–water partition coefficient (Wildman–Crippen LogP) is 2.73. The zero-order valence-corrected chi connectivity index (χ0v) is 12.4. The first kappa shape index (κ1) is 14.6. The third-order valence-corrected chi connectivity index (χ3v) is 4.56. The Bertz CT molecular complexity index is 288. The number of rotatable bonds is 2. The van der Waals surface area contributed by atoms with Crippen molar-refractivity contribution in [3.05, 3.63) is 0 Å². The minimum Gasteiger partial charge on any atom is -0.450 e. The van der Waals surface area contributed by atoms with Gasteiger partial charge in [0.2, 0.25) is 0 Å². The van der Waals surface area contributed by atoms with Crippen molar-refractivity contribution in [2.45, 2.75) is 52.0 Å². The molecule has 110 valence electrons. The van der Waals surface area contributed by atoms with Crippen LogP contribution in [0.3, 0.4) is 0 Å². The first-order valence-electron chi connectivity index (χ1n) is 7.86. The van der Waals surface area contributed by atoms with E-state index < -0.39 is 0 Å². The van der Waals surface area contributed by atoms with Crippen molar-refractivity contribution in [2.24, 2.45) is 5.92 Å². The van der Waals surface area contributed by atoms with E-state index in [9.17, 15) is 4.79 Å². The van der Waals surface area contributed by atoms with Crippen molar-refractivity contribution in [3.63, 3.8) is 0 Å². The minimum atomic E-state index is -0.129. The van der Waals surface area contributed by atoms with Gasteiger partial charge in [0, 0.05) is 19.1 Å². The maximum Gasteiger partial charge on any atom is 0.409 e. The van der Waals surface area contributed by atoms with Crippen molar-refractivity contribution >= 4 is 6.09 Å². The van der Waals surface area contributed by atoms with E-state index in [0.29, 0.717) is 12.6 Å². The molecular weight excluding hydrogens is 240 g/mol. The molecule has 19 heavy (non-hydrogen) atoms. The Balaban J connectivity index is 1.81. The zero-order valence-electron chi connectivity index (χ0n) is 12.4. The van der Waals surface area contributed by atoms with Crippen LogP contribution < -0.4 is 0 Å². The Morgan fingerprint density at radius 1 is 1.11 bits per heavy atom. The average Bonchev–Trinajstić information content (AvgIpc) is 2.66. The molecule has 4 nitrogen and oxygen atoms in total. The van der Waals surface area contributed by atoms with Crippen molar-refractivity contribution in [1.82, 2.24) is 9.80 Å². The van der Waals surface area contributed by atoms with Gasteiger partial charge in [-0.25, -0.2) is 4.79 Å². The Morgan fingerprint density at radius 2 is 1.84 bits per heavy atom. The number of amides is 1. The average molecular weight is 268 g/mol. The molecule has 0 aromatic heterocycles. The van der Waals surface area contributed by atoms with E-state index in [-0.39, 0.29) is 6.09 Å². The highest BCUT2D eigenvalue weighted by atomic mass is 16.6. The molecule has 4 heteroatoms. The van der Waals surface area contributed by atoms with Crippen LogP contribution in [-0.4, -0.2) is 54.7 Å². The molecule has 0 bridgehead atoms. The number of carbonyl (C=O) groups is 1. The molecule has 2 saturated heterocycles. The van der Waals surface area contributed by atoms with E-state index in [0.717, 1.165) is 31.8 Å². The van der Waals surface area contributed by atoms with E-state index in [1.807, 2.05) is 11.8 Å². The lowest BCUT2D eigenvalue weighted by Gasteiger charge is -2.36. The summed E-state index contributed by atoms with van der Waals surface area (Å²) >= 11 is 0. The first-order chi connectivity index (χ1) is 9.20. The third-order valence-electron chi connectivity index (χ3n) is 4.56. The standard InChI is InChI=1S/C15H28N2O2/c1-3-19-15(18)17-9-4-5-14(8-12-17)16-10-6-13(2)7-11-16/h13-14H,3-12H2,1-2H3. The van der Waals surface area contributed by atoms with Gasteiger partial charge in [0.15, 0.2) is 0 Å². The molecule has 1 atom stereocenters. The highest BCUT2D eigenvalue weighted by Gasteiger charge is 2.27. The van der Waals surface area contributed by atoms with Crippen LogP contribution >= 0.6 is 0 Å². The topological polar surface area (TPSA) is 32.8 Å². The van der Waals surface area contributed by atoms with Gasteiger partial charge in [0.05, 0.1) is 6.61 Å². The van der Waals surface area contributed by atoms with Crippen LogP contribution in [-0.2, 0) is 4.74 Å². The second kappa shape index (κ2) is 7.13. The van der Waals surface area contributed by atoms with Gasteiger partial charge in [-0.1, -0.05) is 6.92 Å². The minimum absolute atomic E-state index is 0.129. The summed E-state index contributed by atoms with van der Waals surface area (Å²) < 4.78 is 5.11. The molecule has 0 aliphatic carbocycles. The van der Waals surface area contributed by atoms with Crippen LogP contribution in [0, 0.1) is 5.92 Å². The maximum absolute atomic E-state index is 11.8. The molecule has 0 aromatic carbocycles. The van der Waals surface area contributed by atoms with E-state index >= 15 is 0 Å². The summed E-state index contributed by atoms with van der Waals surface area (Å²) in [5, 5.41) is 0. The van der Waals surface area contributed by atoms with Crippen molar-refractivity contribution < 1.29 is 9.53 Å². The third kappa shape index (κ3) is 4.10. The van der Waals surface area contributed by atoms with Gasteiger partial charge < -0.3 is 14.5 Å². The summed E-state index contributed by atoms with van der Waals surface area (Å²) in [4.78, 5) is 16.3. The second-order valence-electron chi connectivity index (χ2n) is 5.99. The molecule has 2 aliphatic heterocycles. The molecule has 0 N–H and O–H groups in total. The van der Waals surface area contributed by atoms with E-state index in [2.05, 4.69) is 11.8 Å². The van der Waals surface area contributed by atoms with Crippen LogP contribution in [0.2, 0.25) is 0 Å². The lowest BCUT2D eigenvalue weighted by molar-refractivity contribution is 0.104. The highest BCUT2D eigenvalue weighted by Crippen LogP contribution is 2.23. The summed E-state index contributed by atoms with van der Waals surface area (Å²) in [5.74, 6) is 0.887. The predicted molar refractivity (Wildman–Crippen MR) is 76.2 cm³/mol. The van der Waals surface area contributed by atoms with Gasteiger partial charge >= 0.3 is 6.09 Å². The zero-order chi connectivity index (χ0) is 13.7. The smallest absolute Gasteiger partial charge is 0.409 e. The number of ether oxygens (including phenoxy) is 1. The van der Waals surface area contributed by atoms with Gasteiger partial charge in [-0.3, -0.25) is 0 Å². The molecule has 2 fully saturated rings. The molecule has 2 heterocycles. The SMILES string of the molecule is CCOC(=O)N1CCCC(N2CCC(C)CC2)CC1. The van der Waals surface area contributed by atoms with Gasteiger partial charge in [0.1, 0.15) is 0 Å². The lowest BCUT2D eigenvalue weighted by atomic mass is 9.96. The van der Waals surface area contributed by atoms with Crippen molar-refractivity contribution in [2.75, 3.05) is 32.8 Å². The fraction of sp³-hybridized carbons (Fsp3) is 0.933. The maximum atomic E-state index is 11.8. The molecule has 1 amide bonds. The van der Waals surface area contributed by atoms with Gasteiger partial charge in [-0.2, -0.15) is 0 Å². The fourth-order valence-corrected chi connectivity index (χ4v) is 3.23. The molecular formula is C15H28N2O2. The van der Waals surface area contributed by atoms with Crippen LogP contribution in [0.25, 0.3) is 0 Å². The van der Waals surface area contributed by atoms with E-state index in [1.165, 1.54) is 32.4 Å². The Hall–Kier alpha value is -0.770. The van der Waals surface area contributed by atoms with Crippen LogP contribution in [0.5, 0.6) is 0 Å². The van der Waals surface area contributed by atoms with Crippen molar-refractivity contribution in [3.8, 4) is 0 Å². The lowest BCUT2D eigenvalue weighted by Crippen LogP contribution is -2.41.